The van der Waals surface area contributed by atoms with Crippen LogP contribution in [0.5, 0.6) is 0 Å². The van der Waals surface area contributed by atoms with Gasteiger partial charge < -0.3 is 9.88 Å². The van der Waals surface area contributed by atoms with Crippen molar-refractivity contribution >= 4 is 5.91 Å². The molecule has 0 saturated carbocycles. The Labute approximate surface area is 110 Å². The van der Waals surface area contributed by atoms with Crippen LogP contribution in [0, 0.1) is 5.92 Å². The van der Waals surface area contributed by atoms with Crippen LogP contribution in [-0.2, 0) is 11.3 Å². The Bertz CT molecular complexity index is 320. The maximum atomic E-state index is 11.4. The Hall–Kier alpha value is -1.32. The van der Waals surface area contributed by atoms with Gasteiger partial charge in [0.05, 0.1) is 6.33 Å². The van der Waals surface area contributed by atoms with Crippen LogP contribution in [0.4, 0.5) is 0 Å². The number of amides is 1. The third-order valence-electron chi connectivity index (χ3n) is 2.82. The quantitative estimate of drug-likeness (QED) is 0.686. The Morgan fingerprint density at radius 3 is 2.72 bits per heavy atom. The van der Waals surface area contributed by atoms with Crippen LogP contribution < -0.4 is 5.32 Å². The molecule has 1 amide bonds. The average molecular weight is 251 g/mol. The Morgan fingerprint density at radius 2 is 2.06 bits per heavy atom. The van der Waals surface area contributed by atoms with Crippen molar-refractivity contribution in [1.82, 2.24) is 14.9 Å². The molecular formula is C14H25N3O. The fraction of sp³-hybridized carbons (Fsp3) is 0.714. The zero-order valence-corrected chi connectivity index (χ0v) is 11.6. The molecule has 4 heteroatoms. The molecule has 4 nitrogen and oxygen atoms in total. The fourth-order valence-corrected chi connectivity index (χ4v) is 1.86. The maximum Gasteiger partial charge on any atom is 0.220 e. The van der Waals surface area contributed by atoms with Gasteiger partial charge >= 0.3 is 0 Å². The molecule has 1 heterocycles. The predicted molar refractivity (Wildman–Crippen MR) is 73.2 cm³/mol. The van der Waals surface area contributed by atoms with Crippen molar-refractivity contribution in [2.45, 2.75) is 52.5 Å². The number of hydrogen-bond donors (Lipinski definition) is 1. The lowest BCUT2D eigenvalue weighted by Gasteiger charge is -2.07. The van der Waals surface area contributed by atoms with Gasteiger partial charge in [0.1, 0.15) is 0 Å². The molecule has 0 aliphatic rings. The number of aryl methyl sites for hydroxylation is 1. The minimum absolute atomic E-state index is 0.184. The first-order valence-corrected chi connectivity index (χ1v) is 6.91. The van der Waals surface area contributed by atoms with E-state index in [0.29, 0.717) is 12.3 Å². The minimum atomic E-state index is 0.184. The van der Waals surface area contributed by atoms with Crippen LogP contribution >= 0.6 is 0 Å². The van der Waals surface area contributed by atoms with E-state index in [2.05, 4.69) is 28.7 Å². The molecule has 18 heavy (non-hydrogen) atoms. The van der Waals surface area contributed by atoms with Gasteiger partial charge in [0.2, 0.25) is 5.91 Å². The highest BCUT2D eigenvalue weighted by molar-refractivity contribution is 5.75. The van der Waals surface area contributed by atoms with Crippen LogP contribution in [0.1, 0.15) is 46.0 Å². The lowest BCUT2D eigenvalue weighted by molar-refractivity contribution is -0.121. The minimum Gasteiger partial charge on any atom is -0.356 e. The van der Waals surface area contributed by atoms with Gasteiger partial charge in [0, 0.05) is 31.9 Å². The lowest BCUT2D eigenvalue weighted by Crippen LogP contribution is -2.25. The fourth-order valence-electron chi connectivity index (χ4n) is 1.86. The van der Waals surface area contributed by atoms with Crippen molar-refractivity contribution in [3.63, 3.8) is 0 Å². The molecule has 0 bridgehead atoms. The van der Waals surface area contributed by atoms with E-state index in [-0.39, 0.29) is 5.91 Å². The van der Waals surface area contributed by atoms with E-state index < -0.39 is 0 Å². The zero-order chi connectivity index (χ0) is 13.2. The second-order valence-corrected chi connectivity index (χ2v) is 5.16. The number of rotatable bonds is 9. The largest absolute Gasteiger partial charge is 0.356 e. The van der Waals surface area contributed by atoms with E-state index in [1.54, 1.807) is 0 Å². The van der Waals surface area contributed by atoms with Gasteiger partial charge in [-0.3, -0.25) is 4.79 Å². The molecule has 0 atom stereocenters. The number of aromatic nitrogens is 2. The van der Waals surface area contributed by atoms with Crippen molar-refractivity contribution in [2.24, 2.45) is 5.92 Å². The molecule has 102 valence electrons. The van der Waals surface area contributed by atoms with Crippen LogP contribution in [-0.4, -0.2) is 22.0 Å². The first kappa shape index (κ1) is 14.7. The van der Waals surface area contributed by atoms with Gasteiger partial charge in [-0.05, 0) is 18.8 Å². The second kappa shape index (κ2) is 8.72. The molecule has 1 aromatic heterocycles. The summed E-state index contributed by atoms with van der Waals surface area (Å²) in [6.45, 7) is 5.99. The number of unbranched alkanes of at least 4 members (excludes halogenated alkanes) is 3. The zero-order valence-electron chi connectivity index (χ0n) is 11.6. The first-order chi connectivity index (χ1) is 8.68. The highest BCUT2D eigenvalue weighted by Crippen LogP contribution is 2.02. The van der Waals surface area contributed by atoms with Crippen molar-refractivity contribution in [2.75, 3.05) is 6.54 Å². The van der Waals surface area contributed by atoms with Crippen LogP contribution in [0.3, 0.4) is 0 Å². The number of carbonyl (C=O) groups excluding carboxylic acids is 1. The highest BCUT2D eigenvalue weighted by Gasteiger charge is 2.02. The molecule has 1 aromatic rings. The Morgan fingerprint density at radius 1 is 1.28 bits per heavy atom. The summed E-state index contributed by atoms with van der Waals surface area (Å²) in [4.78, 5) is 15.4. The third kappa shape index (κ3) is 7.09. The van der Waals surface area contributed by atoms with Crippen LogP contribution in [0.15, 0.2) is 18.7 Å². The van der Waals surface area contributed by atoms with Crippen molar-refractivity contribution in [3.05, 3.63) is 18.7 Å². The average Bonchev–Trinajstić information content (AvgIpc) is 2.79. The topological polar surface area (TPSA) is 46.9 Å². The van der Waals surface area contributed by atoms with E-state index in [0.717, 1.165) is 19.5 Å². The van der Waals surface area contributed by atoms with E-state index >= 15 is 0 Å². The van der Waals surface area contributed by atoms with E-state index in [4.69, 9.17) is 0 Å². The smallest absolute Gasteiger partial charge is 0.220 e. The molecule has 1 N–H and O–H groups in total. The summed E-state index contributed by atoms with van der Waals surface area (Å²) < 4.78 is 2.10. The van der Waals surface area contributed by atoms with Crippen LogP contribution in [0.2, 0.25) is 0 Å². The normalized spacial score (nSPS) is 10.8. The van der Waals surface area contributed by atoms with Crippen molar-refractivity contribution in [3.8, 4) is 0 Å². The Kier molecular flexibility index (Phi) is 7.14. The van der Waals surface area contributed by atoms with Gasteiger partial charge in [-0.15, -0.1) is 0 Å². The molecule has 1 rings (SSSR count). The Balaban J connectivity index is 1.88. The number of hydrogen-bond acceptors (Lipinski definition) is 2. The lowest BCUT2D eigenvalue weighted by atomic mass is 10.1. The number of nitrogens with zero attached hydrogens (tertiary/aromatic N) is 2. The summed E-state index contributed by atoms with van der Waals surface area (Å²) in [7, 11) is 0. The summed E-state index contributed by atoms with van der Waals surface area (Å²) in [5.41, 5.74) is 0. The monoisotopic (exact) mass is 251 g/mol. The van der Waals surface area contributed by atoms with Gasteiger partial charge in [-0.2, -0.15) is 0 Å². The van der Waals surface area contributed by atoms with E-state index in [1.165, 1.54) is 19.3 Å². The molecule has 0 aliphatic carbocycles. The molecule has 0 spiro atoms. The number of carbonyl (C=O) groups is 1. The van der Waals surface area contributed by atoms with Gasteiger partial charge in [0.25, 0.3) is 0 Å². The second-order valence-electron chi connectivity index (χ2n) is 5.16. The molecule has 0 saturated heterocycles. The van der Waals surface area contributed by atoms with Crippen molar-refractivity contribution < 1.29 is 4.79 Å². The number of imidazole rings is 1. The molecule has 0 aliphatic heterocycles. The third-order valence-corrected chi connectivity index (χ3v) is 2.82. The standard InChI is InChI=1S/C14H25N3O/c1-13(2)11-14(18)16-7-5-3-4-6-9-17-10-8-15-12-17/h8,10,12-13H,3-7,9,11H2,1-2H3,(H,16,18). The molecule has 0 unspecified atom stereocenters. The van der Waals surface area contributed by atoms with E-state index in [9.17, 15) is 4.79 Å². The molecular weight excluding hydrogens is 226 g/mol. The number of nitrogens with one attached hydrogen (secondary N) is 1. The SMILES string of the molecule is CC(C)CC(=O)NCCCCCCn1ccnc1. The first-order valence-electron chi connectivity index (χ1n) is 6.91. The van der Waals surface area contributed by atoms with Gasteiger partial charge in [0.15, 0.2) is 0 Å². The molecule has 0 fully saturated rings. The van der Waals surface area contributed by atoms with Gasteiger partial charge in [-0.25, -0.2) is 4.98 Å². The summed E-state index contributed by atoms with van der Waals surface area (Å²) in [6, 6.07) is 0. The summed E-state index contributed by atoms with van der Waals surface area (Å²) in [6.07, 6.45) is 10.9. The van der Waals surface area contributed by atoms with Crippen molar-refractivity contribution in [1.29, 1.82) is 0 Å². The highest BCUT2D eigenvalue weighted by atomic mass is 16.1. The molecule has 0 aromatic carbocycles. The summed E-state index contributed by atoms with van der Waals surface area (Å²) in [5.74, 6) is 0.628. The summed E-state index contributed by atoms with van der Waals surface area (Å²) >= 11 is 0. The summed E-state index contributed by atoms with van der Waals surface area (Å²) in [5, 5.41) is 2.96. The van der Waals surface area contributed by atoms with Gasteiger partial charge in [-0.1, -0.05) is 26.7 Å². The van der Waals surface area contributed by atoms with E-state index in [1.807, 2.05) is 18.7 Å². The predicted octanol–water partition coefficient (Wildman–Crippen LogP) is 2.61. The van der Waals surface area contributed by atoms with Crippen LogP contribution in [0.25, 0.3) is 0 Å². The maximum absolute atomic E-state index is 11.4. The molecule has 0 radical (unpaired) electrons.